The van der Waals surface area contributed by atoms with Crippen LogP contribution in [0.3, 0.4) is 0 Å². The van der Waals surface area contributed by atoms with Crippen LogP contribution in [0.2, 0.25) is 0 Å². The van der Waals surface area contributed by atoms with Crippen molar-refractivity contribution < 1.29 is 4.42 Å². The average molecular weight is 552 g/mol. The maximum Gasteiger partial charge on any atom is 0.227 e. The number of benzene rings is 6. The summed E-state index contributed by atoms with van der Waals surface area (Å²) in [6.07, 6.45) is 0. The molecule has 0 spiro atoms. The predicted octanol–water partition coefficient (Wildman–Crippen LogP) is 10.1. The molecule has 0 aliphatic rings. The van der Waals surface area contributed by atoms with E-state index < -0.39 is 0 Å². The smallest absolute Gasteiger partial charge is 0.227 e. The van der Waals surface area contributed by atoms with E-state index in [4.69, 9.17) is 19.4 Å². The van der Waals surface area contributed by atoms with Gasteiger partial charge in [0.25, 0.3) is 0 Å². The number of aromatic nitrogens is 3. The van der Waals surface area contributed by atoms with Gasteiger partial charge in [-0.15, -0.1) is 0 Å². The van der Waals surface area contributed by atoms with E-state index in [1.165, 1.54) is 0 Å². The summed E-state index contributed by atoms with van der Waals surface area (Å²) in [5.74, 6) is 1.34. The van der Waals surface area contributed by atoms with Crippen LogP contribution >= 0.6 is 0 Å². The lowest BCUT2D eigenvalue weighted by molar-refractivity contribution is 0.621. The summed E-state index contributed by atoms with van der Waals surface area (Å²) in [6, 6.07) is 51.6. The third-order valence-electron chi connectivity index (χ3n) is 7.71. The first-order valence-corrected chi connectivity index (χ1v) is 14.3. The molecule has 4 nitrogen and oxygen atoms in total. The van der Waals surface area contributed by atoms with Crippen LogP contribution in [0.25, 0.3) is 78.4 Å². The van der Waals surface area contributed by atoms with Crippen LogP contribution in [0.15, 0.2) is 156 Å². The molecular formula is C39H25N3O. The predicted molar refractivity (Wildman–Crippen MR) is 174 cm³/mol. The second-order valence-electron chi connectivity index (χ2n) is 10.5. The first-order chi connectivity index (χ1) is 21.3. The first-order valence-electron chi connectivity index (χ1n) is 14.3. The summed E-state index contributed by atoms with van der Waals surface area (Å²) in [5, 5.41) is 2.28. The quantitative estimate of drug-likeness (QED) is 0.214. The van der Waals surface area contributed by atoms with Crippen molar-refractivity contribution in [1.82, 2.24) is 15.0 Å². The maximum atomic E-state index is 6.30. The molecule has 4 heteroatoms. The van der Waals surface area contributed by atoms with Crippen LogP contribution in [0.5, 0.6) is 0 Å². The van der Waals surface area contributed by atoms with E-state index in [0.717, 1.165) is 66.6 Å². The van der Waals surface area contributed by atoms with Gasteiger partial charge in [-0.25, -0.2) is 15.0 Å². The molecule has 0 fully saturated rings. The molecule has 0 unspecified atom stereocenters. The Balaban J connectivity index is 1.20. The SMILES string of the molecule is c1ccc(-c2cc(-c3ccc4cc(-c5cccc6nc(-c7ccccc7)oc56)ccc4c3)nc(-c3ccccc3)n2)cc1. The molecule has 43 heavy (non-hydrogen) atoms. The van der Waals surface area contributed by atoms with Gasteiger partial charge < -0.3 is 4.42 Å². The molecule has 0 bridgehead atoms. The van der Waals surface area contributed by atoms with E-state index in [2.05, 4.69) is 60.7 Å². The lowest BCUT2D eigenvalue weighted by Crippen LogP contribution is -1.95. The fourth-order valence-corrected chi connectivity index (χ4v) is 5.52. The molecule has 8 rings (SSSR count). The van der Waals surface area contributed by atoms with Crippen molar-refractivity contribution in [2.75, 3.05) is 0 Å². The zero-order valence-corrected chi connectivity index (χ0v) is 23.2. The van der Waals surface area contributed by atoms with Crippen molar-refractivity contribution in [2.24, 2.45) is 0 Å². The number of oxazole rings is 1. The Morgan fingerprint density at radius 1 is 0.395 bits per heavy atom. The highest BCUT2D eigenvalue weighted by atomic mass is 16.3. The second-order valence-corrected chi connectivity index (χ2v) is 10.5. The van der Waals surface area contributed by atoms with E-state index in [0.29, 0.717) is 11.7 Å². The molecule has 202 valence electrons. The van der Waals surface area contributed by atoms with E-state index in [1.54, 1.807) is 0 Å². The van der Waals surface area contributed by atoms with Crippen LogP contribution in [0, 0.1) is 0 Å². The standard InChI is InChI=1S/C39H25N3O/c1-4-11-26(12-5-1)35-25-36(41-38(40-35)27-13-6-2-7-14-27)32-22-20-29-23-31(21-19-30(29)24-32)33-17-10-18-34-37(33)43-39(42-34)28-15-8-3-9-16-28/h1-25H. The number of nitrogens with zero attached hydrogens (tertiary/aromatic N) is 3. The molecule has 0 radical (unpaired) electrons. The normalized spacial score (nSPS) is 11.3. The van der Waals surface area contributed by atoms with Gasteiger partial charge in [0.2, 0.25) is 5.89 Å². The molecule has 0 amide bonds. The van der Waals surface area contributed by atoms with Crippen LogP contribution in [0.4, 0.5) is 0 Å². The van der Waals surface area contributed by atoms with Gasteiger partial charge in [0.15, 0.2) is 11.4 Å². The summed E-state index contributed by atoms with van der Waals surface area (Å²) in [7, 11) is 0. The van der Waals surface area contributed by atoms with Gasteiger partial charge in [-0.3, -0.25) is 0 Å². The van der Waals surface area contributed by atoms with Crippen molar-refractivity contribution in [2.45, 2.75) is 0 Å². The average Bonchev–Trinajstić information content (AvgIpc) is 3.54. The van der Waals surface area contributed by atoms with Crippen molar-refractivity contribution in [3.63, 3.8) is 0 Å². The highest BCUT2D eigenvalue weighted by Gasteiger charge is 2.14. The van der Waals surface area contributed by atoms with Gasteiger partial charge in [-0.2, -0.15) is 0 Å². The lowest BCUT2D eigenvalue weighted by Gasteiger charge is -2.10. The Bertz CT molecular complexity index is 2170. The lowest BCUT2D eigenvalue weighted by atomic mass is 9.98. The molecule has 0 saturated carbocycles. The van der Waals surface area contributed by atoms with E-state index in [-0.39, 0.29) is 0 Å². The minimum Gasteiger partial charge on any atom is -0.435 e. The fourth-order valence-electron chi connectivity index (χ4n) is 5.52. The monoisotopic (exact) mass is 551 g/mol. The van der Waals surface area contributed by atoms with Crippen molar-refractivity contribution in [3.05, 3.63) is 152 Å². The fraction of sp³-hybridized carbons (Fsp3) is 0. The molecule has 2 heterocycles. The number of fused-ring (bicyclic) bond motifs is 2. The van der Waals surface area contributed by atoms with Crippen molar-refractivity contribution in [3.8, 4) is 56.5 Å². The summed E-state index contributed by atoms with van der Waals surface area (Å²) < 4.78 is 6.30. The Morgan fingerprint density at radius 2 is 0.977 bits per heavy atom. The number of hydrogen-bond acceptors (Lipinski definition) is 4. The van der Waals surface area contributed by atoms with Crippen molar-refractivity contribution >= 4 is 21.9 Å². The van der Waals surface area contributed by atoms with Crippen LogP contribution < -0.4 is 0 Å². The van der Waals surface area contributed by atoms with E-state index in [1.807, 2.05) is 91.0 Å². The van der Waals surface area contributed by atoms with Crippen LogP contribution in [-0.2, 0) is 0 Å². The van der Waals surface area contributed by atoms with Gasteiger partial charge in [0, 0.05) is 27.8 Å². The van der Waals surface area contributed by atoms with E-state index >= 15 is 0 Å². The molecule has 8 aromatic rings. The molecule has 0 atom stereocenters. The summed E-state index contributed by atoms with van der Waals surface area (Å²) >= 11 is 0. The van der Waals surface area contributed by atoms with E-state index in [9.17, 15) is 0 Å². The minimum atomic E-state index is 0.628. The number of para-hydroxylation sites is 1. The largest absolute Gasteiger partial charge is 0.435 e. The molecule has 0 saturated heterocycles. The second kappa shape index (κ2) is 10.5. The third kappa shape index (κ3) is 4.75. The van der Waals surface area contributed by atoms with Gasteiger partial charge in [0.05, 0.1) is 11.4 Å². The zero-order chi connectivity index (χ0) is 28.6. The van der Waals surface area contributed by atoms with Gasteiger partial charge >= 0.3 is 0 Å². The van der Waals surface area contributed by atoms with Gasteiger partial charge in [-0.05, 0) is 52.7 Å². The van der Waals surface area contributed by atoms with Crippen molar-refractivity contribution in [1.29, 1.82) is 0 Å². The molecule has 0 N–H and O–H groups in total. The zero-order valence-electron chi connectivity index (χ0n) is 23.2. The third-order valence-corrected chi connectivity index (χ3v) is 7.71. The topological polar surface area (TPSA) is 51.8 Å². The molecule has 0 aliphatic carbocycles. The molecule has 6 aromatic carbocycles. The highest BCUT2D eigenvalue weighted by Crippen LogP contribution is 2.35. The Hall–Kier alpha value is -5.87. The maximum absolute atomic E-state index is 6.30. The van der Waals surface area contributed by atoms with Gasteiger partial charge in [0.1, 0.15) is 5.52 Å². The van der Waals surface area contributed by atoms with Gasteiger partial charge in [-0.1, -0.05) is 115 Å². The van der Waals surface area contributed by atoms with Crippen LogP contribution in [-0.4, -0.2) is 15.0 Å². The minimum absolute atomic E-state index is 0.628. The summed E-state index contributed by atoms with van der Waals surface area (Å²) in [5.41, 5.74) is 9.59. The molecular weight excluding hydrogens is 526 g/mol. The molecule has 2 aromatic heterocycles. The summed E-state index contributed by atoms with van der Waals surface area (Å²) in [4.78, 5) is 14.7. The Labute approximate surface area is 249 Å². The Morgan fingerprint density at radius 3 is 1.67 bits per heavy atom. The Kier molecular flexibility index (Phi) is 6.08. The highest BCUT2D eigenvalue weighted by molar-refractivity contribution is 5.96. The number of hydrogen-bond donors (Lipinski definition) is 0. The number of rotatable bonds is 5. The van der Waals surface area contributed by atoms with Crippen LogP contribution in [0.1, 0.15) is 0 Å². The molecule has 0 aliphatic heterocycles. The first kappa shape index (κ1) is 24.9. The summed E-state index contributed by atoms with van der Waals surface area (Å²) in [6.45, 7) is 0.